The first-order chi connectivity index (χ1) is 8.33. The smallest absolute Gasteiger partial charge is 0.147 e. The van der Waals surface area contributed by atoms with Gasteiger partial charge in [0, 0.05) is 11.6 Å². The zero-order valence-electron chi connectivity index (χ0n) is 9.65. The quantitative estimate of drug-likeness (QED) is 0.781. The minimum atomic E-state index is 0.673. The lowest BCUT2D eigenvalue weighted by Gasteiger charge is -2.05. The minimum absolute atomic E-state index is 0.673. The topological polar surface area (TPSA) is 35.3 Å². The predicted octanol–water partition coefficient (Wildman–Crippen LogP) is 4.03. The fraction of sp³-hybridized carbons (Fsp3) is 0.308. The van der Waals surface area contributed by atoms with Gasteiger partial charge in [-0.1, -0.05) is 40.1 Å². The number of hydrogen-bond acceptors (Lipinski definition) is 3. The normalized spacial score (nSPS) is 10.5. The summed E-state index contributed by atoms with van der Waals surface area (Å²) in [6.45, 7) is 2.82. The van der Waals surface area contributed by atoms with E-state index in [0.717, 1.165) is 35.8 Å². The molecule has 2 rings (SSSR count). The molecule has 4 heteroatoms. The summed E-state index contributed by atoms with van der Waals surface area (Å²) in [5.41, 5.74) is 1.84. The molecule has 0 unspecified atom stereocenters. The second kappa shape index (κ2) is 5.87. The first-order valence-corrected chi connectivity index (χ1v) is 6.70. The maximum absolute atomic E-state index is 5.58. The molecule has 1 heterocycles. The van der Waals surface area contributed by atoms with E-state index in [9.17, 15) is 0 Å². The van der Waals surface area contributed by atoms with Crippen LogP contribution in [0.3, 0.4) is 0 Å². The van der Waals surface area contributed by atoms with Crippen LogP contribution in [0.2, 0.25) is 0 Å². The summed E-state index contributed by atoms with van der Waals surface area (Å²) in [5, 5.41) is 4.69. The van der Waals surface area contributed by atoms with Gasteiger partial charge in [-0.3, -0.25) is 0 Å². The molecule has 1 aromatic heterocycles. The number of benzene rings is 1. The van der Waals surface area contributed by atoms with Gasteiger partial charge in [-0.2, -0.15) is 0 Å². The van der Waals surface area contributed by atoms with E-state index in [-0.39, 0.29) is 0 Å². The number of alkyl halides is 1. The molecule has 90 valence electrons. The van der Waals surface area contributed by atoms with Gasteiger partial charge in [0.15, 0.2) is 0 Å². The molecule has 0 amide bonds. The number of rotatable bonds is 5. The number of nitrogens with zero attached hydrogens (tertiary/aromatic N) is 1. The Bertz CT molecular complexity index is 482. The Labute approximate surface area is 109 Å². The molecule has 3 nitrogen and oxygen atoms in total. The molecule has 0 saturated heterocycles. The second-order valence-corrected chi connectivity index (χ2v) is 4.25. The maximum Gasteiger partial charge on any atom is 0.147 e. The molecule has 0 spiro atoms. The number of aromatic nitrogens is 1. The standard InChI is InChI=1S/C13H14BrNO2/c1-2-6-16-11-5-3-4-10(7-11)13-8-12(9-14)17-15-13/h3-5,7-8H,2,6,9H2,1H3. The molecule has 0 N–H and O–H groups in total. The molecule has 0 aliphatic heterocycles. The third-order valence-corrected chi connectivity index (χ3v) is 2.85. The molecule has 17 heavy (non-hydrogen) atoms. The van der Waals surface area contributed by atoms with E-state index in [1.807, 2.05) is 30.3 Å². The molecule has 0 aliphatic rings. The van der Waals surface area contributed by atoms with Crippen LogP contribution in [0.5, 0.6) is 5.75 Å². The monoisotopic (exact) mass is 295 g/mol. The Morgan fingerprint density at radius 3 is 2.94 bits per heavy atom. The van der Waals surface area contributed by atoms with Gasteiger partial charge in [-0.15, -0.1) is 0 Å². The van der Waals surface area contributed by atoms with Crippen LogP contribution in [0.4, 0.5) is 0 Å². The highest BCUT2D eigenvalue weighted by Crippen LogP contribution is 2.24. The molecule has 1 aromatic carbocycles. The highest BCUT2D eigenvalue weighted by Gasteiger charge is 2.06. The minimum Gasteiger partial charge on any atom is -0.494 e. The number of halogens is 1. The number of hydrogen-bond donors (Lipinski definition) is 0. The molecule has 0 fully saturated rings. The Morgan fingerprint density at radius 1 is 1.35 bits per heavy atom. The van der Waals surface area contributed by atoms with Crippen molar-refractivity contribution in [3.05, 3.63) is 36.1 Å². The predicted molar refractivity (Wildman–Crippen MR) is 70.4 cm³/mol. The summed E-state index contributed by atoms with van der Waals surface area (Å²) in [6.07, 6.45) is 1.00. The molecule has 0 atom stereocenters. The van der Waals surface area contributed by atoms with Crippen LogP contribution in [0, 0.1) is 0 Å². The molecule has 0 saturated carbocycles. The zero-order valence-corrected chi connectivity index (χ0v) is 11.2. The summed E-state index contributed by atoms with van der Waals surface area (Å²) >= 11 is 3.33. The van der Waals surface area contributed by atoms with E-state index in [1.165, 1.54) is 0 Å². The van der Waals surface area contributed by atoms with Crippen molar-refractivity contribution in [1.29, 1.82) is 0 Å². The zero-order chi connectivity index (χ0) is 12.1. The van der Waals surface area contributed by atoms with E-state index < -0.39 is 0 Å². The van der Waals surface area contributed by atoms with Crippen LogP contribution in [-0.2, 0) is 5.33 Å². The average Bonchev–Trinajstić information content (AvgIpc) is 2.85. The van der Waals surface area contributed by atoms with Gasteiger partial charge < -0.3 is 9.26 Å². The van der Waals surface area contributed by atoms with Gasteiger partial charge in [0.2, 0.25) is 0 Å². The van der Waals surface area contributed by atoms with Crippen LogP contribution in [-0.4, -0.2) is 11.8 Å². The van der Waals surface area contributed by atoms with Crippen LogP contribution < -0.4 is 4.74 Å². The fourth-order valence-corrected chi connectivity index (χ4v) is 1.74. The van der Waals surface area contributed by atoms with Gasteiger partial charge in [0.05, 0.1) is 11.9 Å². The van der Waals surface area contributed by atoms with Crippen LogP contribution in [0.1, 0.15) is 19.1 Å². The fourth-order valence-electron chi connectivity index (χ4n) is 1.48. The summed E-state index contributed by atoms with van der Waals surface area (Å²) < 4.78 is 10.7. The van der Waals surface area contributed by atoms with Crippen LogP contribution in [0.25, 0.3) is 11.3 Å². The first-order valence-electron chi connectivity index (χ1n) is 5.58. The molecule has 2 aromatic rings. The Hall–Kier alpha value is -1.29. The Balaban J connectivity index is 2.20. The Kier molecular flexibility index (Phi) is 4.20. The maximum atomic E-state index is 5.58. The van der Waals surface area contributed by atoms with E-state index >= 15 is 0 Å². The van der Waals surface area contributed by atoms with E-state index in [0.29, 0.717) is 5.33 Å². The van der Waals surface area contributed by atoms with E-state index in [4.69, 9.17) is 9.26 Å². The highest BCUT2D eigenvalue weighted by molar-refractivity contribution is 9.08. The summed E-state index contributed by atoms with van der Waals surface area (Å²) in [5.74, 6) is 1.69. The second-order valence-electron chi connectivity index (χ2n) is 3.69. The van der Waals surface area contributed by atoms with Crippen molar-refractivity contribution in [1.82, 2.24) is 5.16 Å². The highest BCUT2D eigenvalue weighted by atomic mass is 79.9. The Morgan fingerprint density at radius 2 is 2.24 bits per heavy atom. The van der Waals surface area contributed by atoms with Crippen molar-refractivity contribution < 1.29 is 9.26 Å². The lowest BCUT2D eigenvalue weighted by atomic mass is 10.1. The van der Waals surface area contributed by atoms with Gasteiger partial charge in [0.25, 0.3) is 0 Å². The summed E-state index contributed by atoms with van der Waals surface area (Å²) in [6, 6.07) is 9.81. The molecule has 0 bridgehead atoms. The van der Waals surface area contributed by atoms with Gasteiger partial charge in [-0.05, 0) is 18.6 Å². The lowest BCUT2D eigenvalue weighted by Crippen LogP contribution is -1.94. The molecule has 0 aliphatic carbocycles. The van der Waals surface area contributed by atoms with E-state index in [2.05, 4.69) is 28.0 Å². The van der Waals surface area contributed by atoms with Crippen molar-refractivity contribution in [2.45, 2.75) is 18.7 Å². The lowest BCUT2D eigenvalue weighted by molar-refractivity contribution is 0.317. The van der Waals surface area contributed by atoms with Crippen molar-refractivity contribution in [2.75, 3.05) is 6.61 Å². The van der Waals surface area contributed by atoms with Crippen molar-refractivity contribution in [3.8, 4) is 17.0 Å². The number of ether oxygens (including phenoxy) is 1. The van der Waals surface area contributed by atoms with Crippen LogP contribution >= 0.6 is 15.9 Å². The van der Waals surface area contributed by atoms with Gasteiger partial charge in [-0.25, -0.2) is 0 Å². The summed E-state index contributed by atoms with van der Waals surface area (Å²) in [7, 11) is 0. The average molecular weight is 296 g/mol. The third-order valence-electron chi connectivity index (χ3n) is 2.29. The molecular weight excluding hydrogens is 282 g/mol. The van der Waals surface area contributed by atoms with Gasteiger partial charge >= 0.3 is 0 Å². The van der Waals surface area contributed by atoms with Crippen molar-refractivity contribution in [3.63, 3.8) is 0 Å². The van der Waals surface area contributed by atoms with Crippen LogP contribution in [0.15, 0.2) is 34.9 Å². The van der Waals surface area contributed by atoms with Gasteiger partial charge in [0.1, 0.15) is 17.2 Å². The van der Waals surface area contributed by atoms with E-state index in [1.54, 1.807) is 0 Å². The van der Waals surface area contributed by atoms with Crippen molar-refractivity contribution in [2.24, 2.45) is 0 Å². The largest absolute Gasteiger partial charge is 0.494 e. The first kappa shape index (κ1) is 12.2. The molecule has 0 radical (unpaired) electrons. The molecular formula is C13H14BrNO2. The summed E-state index contributed by atoms with van der Waals surface area (Å²) in [4.78, 5) is 0. The SMILES string of the molecule is CCCOc1cccc(-c2cc(CBr)on2)c1. The third kappa shape index (κ3) is 3.09. The van der Waals surface area contributed by atoms with Crippen molar-refractivity contribution >= 4 is 15.9 Å².